The second-order valence-electron chi connectivity index (χ2n) is 6.92. The van der Waals surface area contributed by atoms with Crippen molar-refractivity contribution in [2.75, 3.05) is 26.3 Å². The van der Waals surface area contributed by atoms with E-state index in [1.165, 1.54) is 0 Å². The van der Waals surface area contributed by atoms with Crippen LogP contribution in [0.2, 0.25) is 0 Å². The van der Waals surface area contributed by atoms with Crippen molar-refractivity contribution in [2.24, 2.45) is 0 Å². The minimum absolute atomic E-state index is 0.122. The first kappa shape index (κ1) is 19.3. The van der Waals surface area contributed by atoms with Gasteiger partial charge in [0, 0.05) is 17.6 Å². The van der Waals surface area contributed by atoms with Gasteiger partial charge in [0.15, 0.2) is 0 Å². The van der Waals surface area contributed by atoms with Crippen molar-refractivity contribution in [1.82, 2.24) is 14.5 Å². The normalized spacial score (nSPS) is 16.4. The first-order chi connectivity index (χ1) is 13.6. The highest BCUT2D eigenvalue weighted by molar-refractivity contribution is 9.10. The van der Waals surface area contributed by atoms with Crippen LogP contribution in [0.25, 0.3) is 10.9 Å². The molecule has 0 aliphatic carbocycles. The molecule has 0 spiro atoms. The number of morpholine rings is 1. The lowest BCUT2D eigenvalue weighted by atomic mass is 10.1. The van der Waals surface area contributed by atoms with Crippen LogP contribution in [0.3, 0.4) is 0 Å². The van der Waals surface area contributed by atoms with Crippen LogP contribution in [0.1, 0.15) is 17.5 Å². The average molecular weight is 444 g/mol. The molecular formula is C21H22BrN3O3. The van der Waals surface area contributed by atoms with Gasteiger partial charge in [0.05, 0.1) is 43.3 Å². The van der Waals surface area contributed by atoms with Crippen molar-refractivity contribution >= 4 is 26.8 Å². The second kappa shape index (κ2) is 8.53. The van der Waals surface area contributed by atoms with Gasteiger partial charge in [-0.1, -0.05) is 40.2 Å². The lowest BCUT2D eigenvalue weighted by Gasteiger charge is -2.27. The molecule has 146 valence electrons. The summed E-state index contributed by atoms with van der Waals surface area (Å²) in [7, 11) is 0. The number of aliphatic hydroxyl groups excluding tert-OH is 1. The van der Waals surface area contributed by atoms with Gasteiger partial charge in [0.2, 0.25) is 0 Å². The van der Waals surface area contributed by atoms with Crippen LogP contribution in [-0.4, -0.2) is 45.9 Å². The van der Waals surface area contributed by atoms with Gasteiger partial charge in [-0.3, -0.25) is 14.3 Å². The van der Waals surface area contributed by atoms with E-state index < -0.39 is 6.10 Å². The van der Waals surface area contributed by atoms with Crippen molar-refractivity contribution in [3.05, 3.63) is 74.7 Å². The number of aromatic nitrogens is 2. The number of para-hydroxylation sites is 1. The predicted molar refractivity (Wildman–Crippen MR) is 111 cm³/mol. The smallest absolute Gasteiger partial charge is 0.261 e. The Bertz CT molecular complexity index is 1030. The quantitative estimate of drug-likeness (QED) is 0.656. The molecule has 1 saturated heterocycles. The molecule has 1 aliphatic heterocycles. The number of hydrogen-bond acceptors (Lipinski definition) is 5. The molecule has 6 nitrogen and oxygen atoms in total. The molecule has 0 saturated carbocycles. The van der Waals surface area contributed by atoms with E-state index in [9.17, 15) is 9.90 Å². The zero-order valence-electron chi connectivity index (χ0n) is 15.4. The minimum Gasteiger partial charge on any atom is -0.387 e. The summed E-state index contributed by atoms with van der Waals surface area (Å²) in [6, 6.07) is 14.9. The summed E-state index contributed by atoms with van der Waals surface area (Å²) >= 11 is 3.43. The number of halogens is 1. The maximum atomic E-state index is 13.2. The Labute approximate surface area is 171 Å². The maximum Gasteiger partial charge on any atom is 0.261 e. The number of ether oxygens (including phenoxy) is 1. The Morgan fingerprint density at radius 3 is 2.71 bits per heavy atom. The Hall–Kier alpha value is -2.06. The molecule has 1 aliphatic rings. The van der Waals surface area contributed by atoms with Gasteiger partial charge in [-0.25, -0.2) is 4.98 Å². The Balaban J connectivity index is 1.72. The standard InChI is InChI=1S/C21H22BrN3O3/c22-16-5-3-4-15(12-16)19(26)13-25-20(14-24-8-10-28-11-9-24)23-18-7-2-1-6-17(18)21(25)27/h1-7,12,19,26H,8-11,13-14H2. The summed E-state index contributed by atoms with van der Waals surface area (Å²) in [5.41, 5.74) is 1.32. The Morgan fingerprint density at radius 2 is 1.93 bits per heavy atom. The van der Waals surface area contributed by atoms with Crippen molar-refractivity contribution < 1.29 is 9.84 Å². The lowest BCUT2D eigenvalue weighted by Crippen LogP contribution is -2.38. The van der Waals surface area contributed by atoms with Crippen LogP contribution in [0.4, 0.5) is 0 Å². The fourth-order valence-electron chi connectivity index (χ4n) is 3.47. The van der Waals surface area contributed by atoms with E-state index in [-0.39, 0.29) is 12.1 Å². The molecule has 2 heterocycles. The molecule has 0 amide bonds. The summed E-state index contributed by atoms with van der Waals surface area (Å²) in [5, 5.41) is 11.3. The molecule has 1 atom stereocenters. The number of rotatable bonds is 5. The molecular weight excluding hydrogens is 422 g/mol. The average Bonchev–Trinajstić information content (AvgIpc) is 2.71. The van der Waals surface area contributed by atoms with Crippen molar-refractivity contribution in [3.63, 3.8) is 0 Å². The van der Waals surface area contributed by atoms with Crippen molar-refractivity contribution in [3.8, 4) is 0 Å². The second-order valence-corrected chi connectivity index (χ2v) is 7.84. The fourth-order valence-corrected chi connectivity index (χ4v) is 3.89. The largest absolute Gasteiger partial charge is 0.387 e. The van der Waals surface area contributed by atoms with Gasteiger partial charge in [0.25, 0.3) is 5.56 Å². The first-order valence-corrected chi connectivity index (χ1v) is 10.1. The summed E-state index contributed by atoms with van der Waals surface area (Å²) in [6.07, 6.45) is -0.804. The molecule has 1 fully saturated rings. The molecule has 1 unspecified atom stereocenters. The maximum absolute atomic E-state index is 13.2. The van der Waals surface area contributed by atoms with E-state index in [0.717, 1.165) is 23.1 Å². The van der Waals surface area contributed by atoms with Crippen LogP contribution < -0.4 is 5.56 Å². The van der Waals surface area contributed by atoms with E-state index in [1.807, 2.05) is 42.5 Å². The number of nitrogens with zero attached hydrogens (tertiary/aromatic N) is 3. The van der Waals surface area contributed by atoms with Gasteiger partial charge < -0.3 is 9.84 Å². The van der Waals surface area contributed by atoms with E-state index in [2.05, 4.69) is 20.8 Å². The van der Waals surface area contributed by atoms with Crippen molar-refractivity contribution in [2.45, 2.75) is 19.2 Å². The molecule has 2 aromatic carbocycles. The SMILES string of the molecule is O=c1c2ccccc2nc(CN2CCOCC2)n1CC(O)c1cccc(Br)c1. The van der Waals surface area contributed by atoms with Gasteiger partial charge in [-0.15, -0.1) is 0 Å². The van der Waals surface area contributed by atoms with Gasteiger partial charge in [-0.05, 0) is 29.8 Å². The molecule has 0 radical (unpaired) electrons. The van der Waals surface area contributed by atoms with Gasteiger partial charge in [-0.2, -0.15) is 0 Å². The molecule has 0 bridgehead atoms. The molecule has 3 aromatic rings. The first-order valence-electron chi connectivity index (χ1n) is 9.34. The van der Waals surface area contributed by atoms with E-state index in [0.29, 0.717) is 36.5 Å². The predicted octanol–water partition coefficient (Wildman–Crippen LogP) is 2.72. The molecule has 4 rings (SSSR count). The van der Waals surface area contributed by atoms with Crippen LogP contribution in [0.5, 0.6) is 0 Å². The highest BCUT2D eigenvalue weighted by Gasteiger charge is 2.19. The third-order valence-electron chi connectivity index (χ3n) is 5.00. The van der Waals surface area contributed by atoms with Crippen molar-refractivity contribution in [1.29, 1.82) is 0 Å². The third kappa shape index (κ3) is 4.17. The number of hydrogen-bond donors (Lipinski definition) is 1. The molecule has 1 N–H and O–H groups in total. The highest BCUT2D eigenvalue weighted by atomic mass is 79.9. The molecule has 28 heavy (non-hydrogen) atoms. The number of fused-ring (bicyclic) bond motifs is 1. The Morgan fingerprint density at radius 1 is 1.14 bits per heavy atom. The van der Waals surface area contributed by atoms with E-state index in [4.69, 9.17) is 9.72 Å². The van der Waals surface area contributed by atoms with E-state index >= 15 is 0 Å². The minimum atomic E-state index is -0.804. The zero-order valence-corrected chi connectivity index (χ0v) is 17.0. The van der Waals surface area contributed by atoms with Gasteiger partial charge >= 0.3 is 0 Å². The van der Waals surface area contributed by atoms with E-state index in [1.54, 1.807) is 10.6 Å². The van der Waals surface area contributed by atoms with Gasteiger partial charge in [0.1, 0.15) is 5.82 Å². The van der Waals surface area contributed by atoms with Crippen LogP contribution in [-0.2, 0) is 17.8 Å². The summed E-state index contributed by atoms with van der Waals surface area (Å²) in [6.45, 7) is 3.67. The number of aliphatic hydroxyl groups is 1. The number of benzene rings is 2. The monoisotopic (exact) mass is 443 g/mol. The lowest BCUT2D eigenvalue weighted by molar-refractivity contribution is 0.0319. The summed E-state index contributed by atoms with van der Waals surface area (Å²) in [5.74, 6) is 0.666. The van der Waals surface area contributed by atoms with Crippen LogP contribution in [0, 0.1) is 0 Å². The summed E-state index contributed by atoms with van der Waals surface area (Å²) < 4.78 is 7.92. The third-order valence-corrected chi connectivity index (χ3v) is 5.49. The molecule has 1 aromatic heterocycles. The van der Waals surface area contributed by atoms with Crippen LogP contribution >= 0.6 is 15.9 Å². The highest BCUT2D eigenvalue weighted by Crippen LogP contribution is 2.20. The van der Waals surface area contributed by atoms with Crippen LogP contribution in [0.15, 0.2) is 57.8 Å². The Kier molecular flexibility index (Phi) is 5.87. The zero-order chi connectivity index (χ0) is 19.5. The molecule has 7 heteroatoms. The fraction of sp³-hybridized carbons (Fsp3) is 0.333. The topological polar surface area (TPSA) is 67.6 Å². The summed E-state index contributed by atoms with van der Waals surface area (Å²) in [4.78, 5) is 20.2.